The number of nitrogens with zero attached hydrogens (tertiary/aromatic N) is 3. The van der Waals surface area contributed by atoms with E-state index in [1.165, 1.54) is 10.7 Å². The van der Waals surface area contributed by atoms with Crippen LogP contribution in [0.2, 0.25) is 0 Å². The second kappa shape index (κ2) is 5.14. The molecular weight excluding hydrogens is 296 g/mol. The molecule has 1 aliphatic rings. The fourth-order valence-electron chi connectivity index (χ4n) is 2.65. The van der Waals surface area contributed by atoms with Gasteiger partial charge in [-0.05, 0) is 47.6 Å². The molecule has 0 bridgehead atoms. The summed E-state index contributed by atoms with van der Waals surface area (Å²) in [7, 11) is -0.658. The minimum Gasteiger partial charge on any atom is -0.399 e. The Morgan fingerprint density at radius 1 is 1.09 bits per heavy atom. The molecule has 23 heavy (non-hydrogen) atoms. The maximum Gasteiger partial charge on any atom is 0.497 e. The molecule has 0 radical (unpaired) electrons. The molecule has 1 aromatic carbocycles. The van der Waals surface area contributed by atoms with Gasteiger partial charge in [0.25, 0.3) is 0 Å². The molecule has 0 spiro atoms. The Morgan fingerprint density at radius 3 is 2.22 bits per heavy atom. The second-order valence-electron chi connectivity index (χ2n) is 6.88. The summed E-state index contributed by atoms with van der Waals surface area (Å²) in [6.45, 7) is 11.4. The van der Waals surface area contributed by atoms with E-state index in [9.17, 15) is 4.39 Å². The standard InChI is InChI=1S/C16H21BFN3O2/c1-10-19-11(2)21(20-10)14-12(8-7-9-13(14)18)17-22-15(3,4)16(5,6)23-17/h7-9H,1-6H3. The molecule has 2 heterocycles. The number of hydrogen-bond acceptors (Lipinski definition) is 4. The highest BCUT2D eigenvalue weighted by atomic mass is 19.1. The van der Waals surface area contributed by atoms with Gasteiger partial charge in [0, 0.05) is 5.46 Å². The summed E-state index contributed by atoms with van der Waals surface area (Å²) < 4.78 is 28.2. The lowest BCUT2D eigenvalue weighted by Crippen LogP contribution is -2.41. The van der Waals surface area contributed by atoms with Crippen molar-refractivity contribution in [3.8, 4) is 5.69 Å². The fourth-order valence-corrected chi connectivity index (χ4v) is 2.65. The monoisotopic (exact) mass is 317 g/mol. The van der Waals surface area contributed by atoms with Crippen molar-refractivity contribution in [3.63, 3.8) is 0 Å². The van der Waals surface area contributed by atoms with Gasteiger partial charge in [-0.1, -0.05) is 12.1 Å². The third kappa shape index (κ3) is 2.58. The topological polar surface area (TPSA) is 49.2 Å². The van der Waals surface area contributed by atoms with Crippen LogP contribution in [0, 0.1) is 19.7 Å². The summed E-state index contributed by atoms with van der Waals surface area (Å²) >= 11 is 0. The number of hydrogen-bond donors (Lipinski definition) is 0. The molecule has 3 rings (SSSR count). The van der Waals surface area contributed by atoms with E-state index in [-0.39, 0.29) is 5.82 Å². The molecule has 2 aromatic rings. The minimum atomic E-state index is -0.658. The van der Waals surface area contributed by atoms with Crippen molar-refractivity contribution >= 4 is 12.6 Å². The Labute approximate surface area is 136 Å². The number of halogens is 1. The maximum absolute atomic E-state index is 14.6. The quantitative estimate of drug-likeness (QED) is 0.798. The van der Waals surface area contributed by atoms with Crippen LogP contribution in [0.3, 0.4) is 0 Å². The van der Waals surface area contributed by atoms with Gasteiger partial charge in [-0.25, -0.2) is 14.1 Å². The Morgan fingerprint density at radius 2 is 1.70 bits per heavy atom. The summed E-state index contributed by atoms with van der Waals surface area (Å²) in [5, 5.41) is 4.30. The van der Waals surface area contributed by atoms with Crippen LogP contribution in [-0.4, -0.2) is 33.1 Å². The summed E-state index contributed by atoms with van der Waals surface area (Å²) in [5.74, 6) is 0.821. The van der Waals surface area contributed by atoms with Crippen molar-refractivity contribution in [2.24, 2.45) is 0 Å². The number of rotatable bonds is 2. The predicted octanol–water partition coefficient (Wildman–Crippen LogP) is 2.32. The van der Waals surface area contributed by atoms with Gasteiger partial charge in [-0.15, -0.1) is 0 Å². The first-order valence-corrected chi connectivity index (χ1v) is 7.67. The Hall–Kier alpha value is -1.73. The molecule has 0 unspecified atom stereocenters. The molecule has 1 fully saturated rings. The average Bonchev–Trinajstić information content (AvgIpc) is 2.85. The SMILES string of the molecule is Cc1nc(C)n(-c2c(F)cccc2B2OC(C)(C)C(C)(C)O2)n1. The van der Waals surface area contributed by atoms with Crippen LogP contribution in [-0.2, 0) is 9.31 Å². The van der Waals surface area contributed by atoms with E-state index in [1.807, 2.05) is 27.7 Å². The van der Waals surface area contributed by atoms with Gasteiger partial charge in [0.15, 0.2) is 0 Å². The van der Waals surface area contributed by atoms with Crippen LogP contribution < -0.4 is 5.46 Å². The smallest absolute Gasteiger partial charge is 0.399 e. The van der Waals surface area contributed by atoms with E-state index in [2.05, 4.69) is 10.1 Å². The zero-order valence-electron chi connectivity index (χ0n) is 14.3. The molecule has 1 saturated heterocycles. The van der Waals surface area contributed by atoms with Crippen LogP contribution in [0.1, 0.15) is 39.3 Å². The average molecular weight is 317 g/mol. The molecule has 5 nitrogen and oxygen atoms in total. The molecular formula is C16H21BFN3O2. The van der Waals surface area contributed by atoms with Crippen molar-refractivity contribution < 1.29 is 13.7 Å². The lowest BCUT2D eigenvalue weighted by Gasteiger charge is -2.32. The Bertz CT molecular complexity index is 742. The lowest BCUT2D eigenvalue weighted by molar-refractivity contribution is 0.00578. The van der Waals surface area contributed by atoms with Gasteiger partial charge in [0.05, 0.1) is 11.2 Å². The first kappa shape index (κ1) is 16.1. The van der Waals surface area contributed by atoms with E-state index >= 15 is 0 Å². The van der Waals surface area contributed by atoms with E-state index in [0.717, 1.165) is 0 Å². The minimum absolute atomic E-state index is 0.323. The summed E-state index contributed by atoms with van der Waals surface area (Å²) in [6, 6.07) is 4.86. The maximum atomic E-state index is 14.6. The number of para-hydroxylation sites is 1. The summed E-state index contributed by atoms with van der Waals surface area (Å²) in [6.07, 6.45) is 0. The number of aromatic nitrogens is 3. The third-order valence-electron chi connectivity index (χ3n) is 4.61. The lowest BCUT2D eigenvalue weighted by atomic mass is 9.77. The molecule has 0 atom stereocenters. The number of aryl methyl sites for hydroxylation is 2. The van der Waals surface area contributed by atoms with Gasteiger partial charge in [-0.2, -0.15) is 5.10 Å². The van der Waals surface area contributed by atoms with E-state index in [1.54, 1.807) is 26.0 Å². The Balaban J connectivity index is 2.12. The highest BCUT2D eigenvalue weighted by molar-refractivity contribution is 6.63. The fraction of sp³-hybridized carbons (Fsp3) is 0.500. The van der Waals surface area contributed by atoms with Crippen molar-refractivity contribution in [1.82, 2.24) is 14.8 Å². The largest absolute Gasteiger partial charge is 0.497 e. The zero-order chi connectivity index (χ0) is 17.0. The van der Waals surface area contributed by atoms with Gasteiger partial charge in [0.1, 0.15) is 23.2 Å². The van der Waals surface area contributed by atoms with Crippen LogP contribution >= 0.6 is 0 Å². The normalized spacial score (nSPS) is 19.3. The molecule has 0 N–H and O–H groups in total. The van der Waals surface area contributed by atoms with Crippen LogP contribution in [0.5, 0.6) is 0 Å². The number of benzene rings is 1. The van der Waals surface area contributed by atoms with Crippen LogP contribution in [0.15, 0.2) is 18.2 Å². The summed E-state index contributed by atoms with van der Waals surface area (Å²) in [4.78, 5) is 4.26. The molecule has 0 amide bonds. The molecule has 122 valence electrons. The predicted molar refractivity (Wildman–Crippen MR) is 86.5 cm³/mol. The second-order valence-corrected chi connectivity index (χ2v) is 6.88. The van der Waals surface area contributed by atoms with E-state index in [4.69, 9.17) is 9.31 Å². The van der Waals surface area contributed by atoms with Gasteiger partial charge in [0.2, 0.25) is 0 Å². The molecule has 0 aliphatic carbocycles. The van der Waals surface area contributed by atoms with Gasteiger partial charge in [-0.3, -0.25) is 0 Å². The van der Waals surface area contributed by atoms with E-state index in [0.29, 0.717) is 22.8 Å². The Kier molecular flexibility index (Phi) is 3.61. The molecule has 0 saturated carbocycles. The van der Waals surface area contributed by atoms with Gasteiger partial charge < -0.3 is 9.31 Å². The third-order valence-corrected chi connectivity index (χ3v) is 4.61. The highest BCUT2D eigenvalue weighted by Gasteiger charge is 2.52. The first-order chi connectivity index (χ1) is 10.6. The zero-order valence-corrected chi connectivity index (χ0v) is 14.3. The van der Waals surface area contributed by atoms with Crippen molar-refractivity contribution in [2.45, 2.75) is 52.7 Å². The molecule has 1 aromatic heterocycles. The van der Waals surface area contributed by atoms with Crippen LogP contribution in [0.25, 0.3) is 5.69 Å². The van der Waals surface area contributed by atoms with Gasteiger partial charge >= 0.3 is 7.12 Å². The molecule has 1 aliphatic heterocycles. The van der Waals surface area contributed by atoms with Crippen molar-refractivity contribution in [2.75, 3.05) is 0 Å². The molecule has 7 heteroatoms. The highest BCUT2D eigenvalue weighted by Crippen LogP contribution is 2.37. The first-order valence-electron chi connectivity index (χ1n) is 7.67. The van der Waals surface area contributed by atoms with Crippen LogP contribution in [0.4, 0.5) is 4.39 Å². The summed E-state index contributed by atoms with van der Waals surface area (Å²) in [5.41, 5.74) is -0.0517. The van der Waals surface area contributed by atoms with Crippen molar-refractivity contribution in [1.29, 1.82) is 0 Å². The van der Waals surface area contributed by atoms with Crippen molar-refractivity contribution in [3.05, 3.63) is 35.7 Å². The van der Waals surface area contributed by atoms with E-state index < -0.39 is 18.3 Å².